The van der Waals surface area contributed by atoms with Gasteiger partial charge in [0.15, 0.2) is 0 Å². The van der Waals surface area contributed by atoms with E-state index in [1.807, 2.05) is 13.0 Å². The highest BCUT2D eigenvalue weighted by atomic mass is 32.1. The molecule has 0 fully saturated rings. The summed E-state index contributed by atoms with van der Waals surface area (Å²) in [6.45, 7) is 3.73. The van der Waals surface area contributed by atoms with E-state index in [4.69, 9.17) is 10.5 Å². The molecule has 8 heteroatoms. The molecular formula is C19H20N4O3S. The first-order chi connectivity index (χ1) is 12.9. The summed E-state index contributed by atoms with van der Waals surface area (Å²) >= 11 is 1.26. The molecule has 0 saturated carbocycles. The minimum Gasteiger partial charge on any atom is -0.397 e. The first-order valence-corrected chi connectivity index (χ1v) is 9.07. The smallest absolute Gasteiger partial charge is 0.267 e. The molecule has 2 heterocycles. The molecule has 4 N–H and O–H groups in total. The summed E-state index contributed by atoms with van der Waals surface area (Å²) in [5.74, 6) is -0.455. The summed E-state index contributed by atoms with van der Waals surface area (Å²) in [6.07, 6.45) is 0. The van der Waals surface area contributed by atoms with Crippen molar-refractivity contribution < 1.29 is 14.3 Å². The maximum Gasteiger partial charge on any atom is 0.267 e. The molecule has 0 bridgehead atoms. The summed E-state index contributed by atoms with van der Waals surface area (Å²) < 4.78 is 5.24. The van der Waals surface area contributed by atoms with Gasteiger partial charge in [0.2, 0.25) is 5.91 Å². The van der Waals surface area contributed by atoms with Gasteiger partial charge in [-0.15, -0.1) is 11.3 Å². The van der Waals surface area contributed by atoms with Crippen LogP contribution in [0.1, 0.15) is 27.9 Å². The van der Waals surface area contributed by atoms with Crippen LogP contribution in [0.25, 0.3) is 10.2 Å². The van der Waals surface area contributed by atoms with E-state index >= 15 is 0 Å². The Balaban J connectivity index is 1.88. The Labute approximate surface area is 160 Å². The van der Waals surface area contributed by atoms with Crippen LogP contribution in [0, 0.1) is 6.92 Å². The van der Waals surface area contributed by atoms with E-state index in [2.05, 4.69) is 15.6 Å². The van der Waals surface area contributed by atoms with Crippen LogP contribution < -0.4 is 16.4 Å². The molecule has 0 saturated heterocycles. The van der Waals surface area contributed by atoms with Crippen LogP contribution in [0.15, 0.2) is 30.3 Å². The van der Waals surface area contributed by atoms with Gasteiger partial charge in [-0.2, -0.15) is 0 Å². The molecule has 2 amide bonds. The summed E-state index contributed by atoms with van der Waals surface area (Å²) in [5, 5.41) is 6.27. The minimum absolute atomic E-state index is 0.153. The third-order valence-electron chi connectivity index (χ3n) is 3.88. The number of nitrogens with zero attached hydrogens (tertiary/aromatic N) is 1. The Hall–Kier alpha value is -2.97. The third-order valence-corrected chi connectivity index (χ3v) is 4.98. The molecule has 0 spiro atoms. The van der Waals surface area contributed by atoms with Crippen LogP contribution in [0.4, 0.5) is 17.1 Å². The largest absolute Gasteiger partial charge is 0.397 e. The number of aryl methyl sites for hydroxylation is 1. The Bertz CT molecular complexity index is 1010. The van der Waals surface area contributed by atoms with E-state index < -0.39 is 0 Å². The minimum atomic E-state index is -0.302. The van der Waals surface area contributed by atoms with Gasteiger partial charge in [0.1, 0.15) is 9.71 Å². The lowest BCUT2D eigenvalue weighted by Gasteiger charge is -2.07. The highest BCUT2D eigenvalue weighted by molar-refractivity contribution is 7.21. The number of fused-ring (bicyclic) bond motifs is 1. The van der Waals surface area contributed by atoms with Crippen molar-refractivity contribution in [1.82, 2.24) is 4.98 Å². The normalized spacial score (nSPS) is 10.8. The number of benzene rings is 1. The lowest BCUT2D eigenvalue weighted by atomic mass is 10.1. The van der Waals surface area contributed by atoms with E-state index in [1.165, 1.54) is 18.3 Å². The molecule has 3 rings (SSSR count). The number of nitrogens with two attached hydrogens (primary N) is 1. The number of pyridine rings is 1. The molecule has 0 aliphatic carbocycles. The average molecular weight is 384 g/mol. The monoisotopic (exact) mass is 384 g/mol. The molecule has 27 heavy (non-hydrogen) atoms. The number of hydrogen-bond acceptors (Lipinski definition) is 6. The lowest BCUT2D eigenvalue weighted by Crippen LogP contribution is -2.12. The van der Waals surface area contributed by atoms with E-state index in [0.717, 1.165) is 16.6 Å². The molecule has 0 atom stereocenters. The number of nitrogens with one attached hydrogen (secondary N) is 2. The standard InChI is InChI=1S/C19H20N4O3S/c1-10-8-12(9-26-3)15-16(20)17(27-19(15)21-10)18(25)23-14-6-4-13(5-7-14)22-11(2)24/h4-8H,9,20H2,1-3H3,(H,22,24)(H,23,25). The number of amides is 2. The predicted octanol–water partition coefficient (Wildman–Crippen LogP) is 3.54. The van der Waals surface area contributed by atoms with Gasteiger partial charge in [-0.1, -0.05) is 0 Å². The number of methoxy groups -OCH3 is 1. The second-order valence-electron chi connectivity index (χ2n) is 6.09. The fourth-order valence-electron chi connectivity index (χ4n) is 2.80. The number of carbonyl (C=O) groups excluding carboxylic acids is 2. The van der Waals surface area contributed by atoms with Gasteiger partial charge < -0.3 is 21.1 Å². The number of carbonyl (C=O) groups is 2. The third kappa shape index (κ3) is 4.07. The average Bonchev–Trinajstić information content (AvgIpc) is 2.93. The molecule has 3 aromatic rings. The highest BCUT2D eigenvalue weighted by Gasteiger charge is 2.20. The van der Waals surface area contributed by atoms with Gasteiger partial charge >= 0.3 is 0 Å². The predicted molar refractivity (Wildman–Crippen MR) is 108 cm³/mol. The van der Waals surface area contributed by atoms with E-state index in [0.29, 0.717) is 33.4 Å². The van der Waals surface area contributed by atoms with Gasteiger partial charge in [-0.3, -0.25) is 9.59 Å². The number of hydrogen-bond donors (Lipinski definition) is 3. The van der Waals surface area contributed by atoms with Gasteiger partial charge in [-0.05, 0) is 42.8 Å². The van der Waals surface area contributed by atoms with Crippen molar-refractivity contribution in [2.24, 2.45) is 0 Å². The maximum atomic E-state index is 12.7. The Kier molecular flexibility index (Phi) is 5.38. The molecule has 0 aliphatic rings. The highest BCUT2D eigenvalue weighted by Crippen LogP contribution is 2.36. The van der Waals surface area contributed by atoms with Crippen LogP contribution >= 0.6 is 11.3 Å². The second-order valence-corrected chi connectivity index (χ2v) is 7.09. The van der Waals surface area contributed by atoms with Crippen molar-refractivity contribution in [3.05, 3.63) is 46.5 Å². The van der Waals surface area contributed by atoms with Crippen LogP contribution in [0.3, 0.4) is 0 Å². The van der Waals surface area contributed by atoms with Crippen molar-refractivity contribution in [1.29, 1.82) is 0 Å². The number of ether oxygens (including phenoxy) is 1. The quantitative estimate of drug-likeness (QED) is 0.624. The van der Waals surface area contributed by atoms with Crippen molar-refractivity contribution in [2.75, 3.05) is 23.5 Å². The molecule has 1 aromatic carbocycles. The Morgan fingerprint density at radius 1 is 1.19 bits per heavy atom. The van der Waals surface area contributed by atoms with Crippen molar-refractivity contribution in [2.45, 2.75) is 20.5 Å². The van der Waals surface area contributed by atoms with Crippen LogP contribution in [0.5, 0.6) is 0 Å². The summed E-state index contributed by atoms with van der Waals surface area (Å²) in [7, 11) is 1.61. The zero-order valence-corrected chi connectivity index (χ0v) is 16.1. The summed E-state index contributed by atoms with van der Waals surface area (Å²) in [5.41, 5.74) is 9.68. The first kappa shape index (κ1) is 18.8. The topological polar surface area (TPSA) is 106 Å². The zero-order valence-electron chi connectivity index (χ0n) is 15.3. The van der Waals surface area contributed by atoms with Crippen LogP contribution in [0.2, 0.25) is 0 Å². The van der Waals surface area contributed by atoms with E-state index in [9.17, 15) is 9.59 Å². The molecule has 0 aliphatic heterocycles. The SMILES string of the molecule is COCc1cc(C)nc2sc(C(=O)Nc3ccc(NC(C)=O)cc3)c(N)c12. The molecule has 140 valence electrons. The Morgan fingerprint density at radius 2 is 1.81 bits per heavy atom. The molecule has 7 nitrogen and oxygen atoms in total. The van der Waals surface area contributed by atoms with E-state index in [-0.39, 0.29) is 11.8 Å². The fraction of sp³-hybridized carbons (Fsp3) is 0.211. The molecular weight excluding hydrogens is 364 g/mol. The summed E-state index contributed by atoms with van der Waals surface area (Å²) in [6, 6.07) is 8.77. The fourth-order valence-corrected chi connectivity index (χ4v) is 3.89. The maximum absolute atomic E-state index is 12.7. The van der Waals surface area contributed by atoms with Crippen LogP contribution in [-0.4, -0.2) is 23.9 Å². The molecule has 2 aromatic heterocycles. The van der Waals surface area contributed by atoms with Crippen LogP contribution in [-0.2, 0) is 16.1 Å². The number of anilines is 3. The van der Waals surface area contributed by atoms with Crippen molar-refractivity contribution >= 4 is 50.4 Å². The number of thiophene rings is 1. The van der Waals surface area contributed by atoms with Gasteiger partial charge in [0.25, 0.3) is 5.91 Å². The van der Waals surface area contributed by atoms with Gasteiger partial charge in [-0.25, -0.2) is 4.98 Å². The second kappa shape index (κ2) is 7.73. The van der Waals surface area contributed by atoms with Gasteiger partial charge in [0.05, 0.1) is 12.3 Å². The summed E-state index contributed by atoms with van der Waals surface area (Å²) in [4.78, 5) is 29.4. The number of rotatable bonds is 5. The zero-order chi connectivity index (χ0) is 19.6. The van der Waals surface area contributed by atoms with Crippen molar-refractivity contribution in [3.63, 3.8) is 0 Å². The van der Waals surface area contributed by atoms with Crippen molar-refractivity contribution in [3.8, 4) is 0 Å². The molecule has 0 unspecified atom stereocenters. The van der Waals surface area contributed by atoms with Gasteiger partial charge in [0, 0.05) is 36.5 Å². The first-order valence-electron chi connectivity index (χ1n) is 8.25. The lowest BCUT2D eigenvalue weighted by molar-refractivity contribution is -0.114. The number of aromatic nitrogens is 1. The van der Waals surface area contributed by atoms with E-state index in [1.54, 1.807) is 31.4 Å². The Morgan fingerprint density at radius 3 is 2.41 bits per heavy atom. The molecule has 0 radical (unpaired) electrons. The number of nitrogen functional groups attached to an aromatic ring is 1.